The van der Waals surface area contributed by atoms with Crippen LogP contribution in [0.25, 0.3) is 0 Å². The summed E-state index contributed by atoms with van der Waals surface area (Å²) in [5.41, 5.74) is 9.16. The van der Waals surface area contributed by atoms with Crippen molar-refractivity contribution in [2.24, 2.45) is 5.92 Å². The van der Waals surface area contributed by atoms with E-state index in [-0.39, 0.29) is 34.1 Å². The van der Waals surface area contributed by atoms with Gasteiger partial charge in [0.1, 0.15) is 10.8 Å². The Morgan fingerprint density at radius 2 is 0.750 bits per heavy atom. The largest absolute Gasteiger partial charge is 2.00 e. The first-order chi connectivity index (χ1) is 28.4. The summed E-state index contributed by atoms with van der Waals surface area (Å²) in [5.74, 6) is -0.979. The van der Waals surface area contributed by atoms with Crippen molar-refractivity contribution in [2.45, 2.75) is 62.7 Å². The third kappa shape index (κ3) is 9.03. The minimum absolute atomic E-state index is 0. The fourth-order valence-electron chi connectivity index (χ4n) is 9.38. The Kier molecular flexibility index (Phi) is 16.2. The summed E-state index contributed by atoms with van der Waals surface area (Å²) in [5, 5.41) is 20.4. The van der Waals surface area contributed by atoms with Crippen LogP contribution in [0, 0.1) is 12.3 Å². The van der Waals surface area contributed by atoms with Crippen LogP contribution in [0.15, 0.2) is 204 Å². The van der Waals surface area contributed by atoms with Crippen LogP contribution < -0.4 is 12.4 Å². The van der Waals surface area contributed by atoms with E-state index in [4.69, 9.17) is 0 Å². The molecule has 6 aromatic rings. The van der Waals surface area contributed by atoms with E-state index < -0.39 is 22.8 Å². The maximum atomic E-state index is 12.4. The molecule has 302 valence electrons. The first-order valence-electron chi connectivity index (χ1n) is 20.5. The van der Waals surface area contributed by atoms with Crippen LogP contribution in [-0.2, 0) is 42.1 Å². The van der Waals surface area contributed by atoms with Gasteiger partial charge in [-0.05, 0) is 58.6 Å². The van der Waals surface area contributed by atoms with E-state index in [1.807, 2.05) is 182 Å². The van der Waals surface area contributed by atoms with Crippen LogP contribution in [0.5, 0.6) is 0 Å². The molecule has 9 rings (SSSR count). The van der Waals surface area contributed by atoms with Crippen molar-refractivity contribution in [3.05, 3.63) is 244 Å². The predicted molar refractivity (Wildman–Crippen MR) is 234 cm³/mol. The molecule has 0 saturated heterocycles. The number of fused-ring (bicyclic) bond motifs is 1. The molecule has 6 aromatic carbocycles. The second-order valence-electron chi connectivity index (χ2n) is 15.3. The Morgan fingerprint density at radius 3 is 1.05 bits per heavy atom. The summed E-state index contributed by atoms with van der Waals surface area (Å²) in [6.07, 6.45) is 12.2. The molecule has 3 aliphatic rings. The van der Waals surface area contributed by atoms with E-state index in [1.54, 1.807) is 22.3 Å². The number of benzene rings is 6. The van der Waals surface area contributed by atoms with E-state index in [1.165, 1.54) is 44.9 Å². The van der Waals surface area contributed by atoms with Crippen molar-refractivity contribution in [3.63, 3.8) is 0 Å². The van der Waals surface area contributed by atoms with Crippen molar-refractivity contribution in [3.8, 4) is 0 Å². The number of carbonyl (C=O) groups is 2. The number of aliphatic carboxylic acids is 2. The monoisotopic (exact) mass is 846 g/mol. The van der Waals surface area contributed by atoms with Gasteiger partial charge in [0.2, 0.25) is 0 Å². The minimum Gasteiger partial charge on any atom is -1.00 e. The third-order valence-corrected chi connectivity index (χ3v) is 12.1. The van der Waals surface area contributed by atoms with Gasteiger partial charge in [-0.2, -0.15) is 5.57 Å². The molecular formula is C54H51ClO4Ti. The number of carboxylic acids is 2. The van der Waals surface area contributed by atoms with Gasteiger partial charge in [-0.3, -0.25) is 9.59 Å². The summed E-state index contributed by atoms with van der Waals surface area (Å²) in [6.45, 7) is 2.42. The molecule has 0 radical (unpaired) electrons. The standard InChI is InChI=1S/2C20H16O2.C14H19.ClH.Ti/c2*21-19(22)20(16-10-4-1-5-11-16,17-12-6-2-7-13-17)18-14-8-3-9-15-18;1-10-11-6-2-4-8-13(11)14-9-5-3-7-12(10)14;;/h2*1-15H,(H,21,22);6,10H,2-5,7-9H2,1H3;1H;/q;;-1;;+2/p-1. The molecule has 0 fully saturated rings. The molecule has 6 heteroatoms. The smallest absolute Gasteiger partial charge is 1.00 e. The van der Waals surface area contributed by atoms with Crippen LogP contribution in [-0.4, -0.2) is 22.2 Å². The molecule has 0 spiro atoms. The molecule has 1 unspecified atom stereocenters. The summed E-state index contributed by atoms with van der Waals surface area (Å²) >= 11 is 0. The van der Waals surface area contributed by atoms with Gasteiger partial charge in [0.05, 0.1) is 0 Å². The molecule has 1 atom stereocenters. The molecule has 0 saturated carbocycles. The van der Waals surface area contributed by atoms with Crippen LogP contribution in [0.1, 0.15) is 85.3 Å². The molecule has 0 aliphatic heterocycles. The predicted octanol–water partition coefficient (Wildman–Crippen LogP) is 9.40. The van der Waals surface area contributed by atoms with Gasteiger partial charge in [-0.25, -0.2) is 12.0 Å². The molecule has 4 nitrogen and oxygen atoms in total. The van der Waals surface area contributed by atoms with Gasteiger partial charge >= 0.3 is 33.7 Å². The number of allylic oxidation sites excluding steroid dienone is 4. The number of hydrogen-bond acceptors (Lipinski definition) is 2. The van der Waals surface area contributed by atoms with Gasteiger partial charge < -0.3 is 22.6 Å². The van der Waals surface area contributed by atoms with Crippen LogP contribution in [0.2, 0.25) is 0 Å². The van der Waals surface area contributed by atoms with Gasteiger partial charge in [0, 0.05) is 0 Å². The molecule has 0 amide bonds. The Balaban J connectivity index is 0.000000172. The van der Waals surface area contributed by atoms with Gasteiger partial charge in [-0.15, -0.1) is 12.0 Å². The molecule has 60 heavy (non-hydrogen) atoms. The summed E-state index contributed by atoms with van der Waals surface area (Å²) in [6, 6.07) is 56.3. The second-order valence-corrected chi connectivity index (χ2v) is 15.3. The van der Waals surface area contributed by atoms with Crippen molar-refractivity contribution in [1.29, 1.82) is 0 Å². The second kappa shape index (κ2) is 21.2. The average Bonchev–Trinajstić information content (AvgIpc) is 3.58. The quantitative estimate of drug-likeness (QED) is 0.0911. The van der Waals surface area contributed by atoms with E-state index in [0.29, 0.717) is 0 Å². The molecule has 0 aromatic heterocycles. The first kappa shape index (κ1) is 45.7. The fourth-order valence-corrected chi connectivity index (χ4v) is 9.38. The Labute approximate surface area is 376 Å². The van der Waals surface area contributed by atoms with E-state index in [0.717, 1.165) is 39.3 Å². The van der Waals surface area contributed by atoms with Gasteiger partial charge in [0.25, 0.3) is 0 Å². The molecule has 0 heterocycles. The molecule has 2 N–H and O–H groups in total. The number of carboxylic acid groups (broad SMARTS) is 2. The van der Waals surface area contributed by atoms with Crippen molar-refractivity contribution in [1.82, 2.24) is 0 Å². The van der Waals surface area contributed by atoms with E-state index in [2.05, 4.69) is 13.3 Å². The van der Waals surface area contributed by atoms with Gasteiger partial charge in [-0.1, -0.05) is 214 Å². The first-order valence-corrected chi connectivity index (χ1v) is 20.5. The number of rotatable bonds is 8. The van der Waals surface area contributed by atoms with Gasteiger partial charge in [0.15, 0.2) is 0 Å². The van der Waals surface area contributed by atoms with Crippen LogP contribution in [0.3, 0.4) is 0 Å². The Morgan fingerprint density at radius 1 is 0.467 bits per heavy atom. The zero-order valence-corrected chi connectivity index (χ0v) is 36.3. The number of halogens is 1. The van der Waals surface area contributed by atoms with Crippen LogP contribution in [0.4, 0.5) is 0 Å². The normalized spacial score (nSPS) is 15.4. The molecule has 0 bridgehead atoms. The maximum absolute atomic E-state index is 12.4. The third-order valence-electron chi connectivity index (χ3n) is 12.1. The summed E-state index contributed by atoms with van der Waals surface area (Å²) in [4.78, 5) is 24.8. The zero-order chi connectivity index (χ0) is 40.4. The average molecular weight is 847 g/mol. The molecule has 3 aliphatic carbocycles. The maximum Gasteiger partial charge on any atom is 2.00 e. The van der Waals surface area contributed by atoms with Crippen molar-refractivity contribution < 1.29 is 53.9 Å². The van der Waals surface area contributed by atoms with Crippen molar-refractivity contribution >= 4 is 11.9 Å². The molecular weight excluding hydrogens is 796 g/mol. The number of hydrogen-bond donors (Lipinski definition) is 2. The zero-order valence-electron chi connectivity index (χ0n) is 34.0. The summed E-state index contributed by atoms with van der Waals surface area (Å²) in [7, 11) is 0. The topological polar surface area (TPSA) is 74.6 Å². The van der Waals surface area contributed by atoms with Crippen LogP contribution >= 0.6 is 0 Å². The minimum atomic E-state index is -1.20. The SMILES string of the molecule is CC1C2=C(CCC[CH-]2)C2=C1CCCC2.O=C(O)C(c1ccccc1)(c1ccccc1)c1ccccc1.O=C(O)C(c1ccccc1)(c1ccccc1)c1ccccc1.[Cl-].[Ti+2]. The Bertz CT molecular complexity index is 1980. The summed E-state index contributed by atoms with van der Waals surface area (Å²) < 4.78 is 0. The Hall–Kier alpha value is -5.39. The van der Waals surface area contributed by atoms with Crippen molar-refractivity contribution in [2.75, 3.05) is 0 Å². The van der Waals surface area contributed by atoms with E-state index >= 15 is 0 Å². The fraction of sp³-hybridized carbons (Fsp3) is 0.204. The van der Waals surface area contributed by atoms with E-state index in [9.17, 15) is 19.8 Å².